The van der Waals surface area contributed by atoms with Gasteiger partial charge in [-0.2, -0.15) is 0 Å². The molecule has 0 aromatic heterocycles. The van der Waals surface area contributed by atoms with Gasteiger partial charge in [0.05, 0.1) is 99.1 Å². The van der Waals surface area contributed by atoms with Gasteiger partial charge in [-0.05, 0) is 0 Å². The van der Waals surface area contributed by atoms with E-state index in [2.05, 4.69) is 37.9 Å². The first kappa shape index (κ1) is 22.7. The Morgan fingerprint density at radius 3 is 0.480 bits per heavy atom. The smallest absolute Gasteiger partial charge is 0.129 e. The highest BCUT2D eigenvalue weighted by atomic mass is 16.6. The largest absolute Gasteiger partial charge is 0.377 e. The molecule has 9 nitrogen and oxygen atoms in total. The van der Waals surface area contributed by atoms with E-state index in [9.17, 15) is 0 Å². The normalized spacial score (nSPS) is 26.5. The summed E-state index contributed by atoms with van der Waals surface area (Å²) in [6.07, 6.45) is 0.0833. The van der Waals surface area contributed by atoms with Crippen molar-refractivity contribution in [2.75, 3.05) is 99.1 Å². The van der Waals surface area contributed by atoms with E-state index in [1.807, 2.05) is 0 Å². The summed E-state index contributed by atoms with van der Waals surface area (Å²) in [6.45, 7) is 14.8. The average molecular weight is 367 g/mol. The Bertz CT molecular complexity index is 176. The lowest BCUT2D eigenvalue weighted by Crippen LogP contribution is -1.97. The Kier molecular flexibility index (Phi) is 16.7. The second-order valence-corrected chi connectivity index (χ2v) is 5.16. The van der Waals surface area contributed by atoms with Crippen molar-refractivity contribution in [3.05, 3.63) is 0 Å². The molecule has 0 aliphatic carbocycles. The summed E-state index contributed by atoms with van der Waals surface area (Å²) < 4.78 is 36.0. The molecule has 8 fully saturated rings. The van der Waals surface area contributed by atoms with E-state index in [1.54, 1.807) is 0 Å². The quantitative estimate of drug-likeness (QED) is 0.559. The molecule has 0 spiro atoms. The summed E-state index contributed by atoms with van der Waals surface area (Å²) in [5.74, 6) is 0. The predicted molar refractivity (Wildman–Crippen MR) is 89.7 cm³/mol. The molecular weight excluding hydrogens is 334 g/mol. The van der Waals surface area contributed by atoms with Crippen molar-refractivity contribution in [1.29, 1.82) is 0 Å². The van der Waals surface area contributed by atoms with Crippen molar-refractivity contribution in [2.24, 2.45) is 5.73 Å². The summed E-state index contributed by atoms with van der Waals surface area (Å²) in [5, 5.41) is 0. The molecule has 0 bridgehead atoms. The molecule has 2 N–H and O–H groups in total. The Morgan fingerprint density at radius 1 is 0.400 bits per heavy atom. The van der Waals surface area contributed by atoms with Crippen LogP contribution in [0.4, 0.5) is 0 Å². The fourth-order valence-corrected chi connectivity index (χ4v) is 0.0556. The first-order valence-electron chi connectivity index (χ1n) is 8.81. The Morgan fingerprint density at radius 2 is 0.480 bits per heavy atom. The number of ether oxygens (including phenoxy) is 8. The summed E-state index contributed by atoms with van der Waals surface area (Å²) in [5.41, 5.74) is 5.00. The van der Waals surface area contributed by atoms with E-state index in [0.29, 0.717) is 0 Å². The highest BCUT2D eigenvalue weighted by molar-refractivity contribution is 4.55. The summed E-state index contributed by atoms with van der Waals surface area (Å²) in [4.78, 5) is 0. The Balaban J connectivity index is 0.000000143. The molecule has 8 saturated heterocycles. The molecule has 8 rings (SSSR count). The molecule has 150 valence electrons. The lowest BCUT2D eigenvalue weighted by Gasteiger charge is -1.55. The van der Waals surface area contributed by atoms with Gasteiger partial charge in [0.1, 0.15) is 6.23 Å². The maximum atomic E-state index is 5.00. The van der Waals surface area contributed by atoms with Crippen molar-refractivity contribution in [1.82, 2.24) is 0 Å². The molecular formula is C16H33NO8. The molecule has 8 heterocycles. The molecule has 0 radical (unpaired) electrons. The Labute approximate surface area is 149 Å². The van der Waals surface area contributed by atoms with Crippen LogP contribution in [0.25, 0.3) is 0 Å². The number of epoxide rings is 8. The number of nitrogens with two attached hydrogens (primary N) is 1. The molecule has 0 aromatic carbocycles. The van der Waals surface area contributed by atoms with Gasteiger partial charge in [-0.25, -0.2) is 0 Å². The molecule has 8 aliphatic rings. The zero-order valence-corrected chi connectivity index (χ0v) is 15.0. The van der Waals surface area contributed by atoms with Gasteiger partial charge < -0.3 is 43.6 Å². The molecule has 8 aliphatic heterocycles. The van der Waals surface area contributed by atoms with Crippen LogP contribution >= 0.6 is 0 Å². The van der Waals surface area contributed by atoms with Crippen LogP contribution in [0.5, 0.6) is 0 Å². The summed E-state index contributed by atoms with van der Waals surface area (Å²) >= 11 is 0. The fourth-order valence-electron chi connectivity index (χ4n) is 0.0556. The van der Waals surface area contributed by atoms with Crippen LogP contribution in [0.2, 0.25) is 0 Å². The van der Waals surface area contributed by atoms with E-state index in [0.717, 1.165) is 99.1 Å². The van der Waals surface area contributed by atoms with Gasteiger partial charge in [0, 0.05) is 0 Å². The van der Waals surface area contributed by atoms with Gasteiger partial charge >= 0.3 is 0 Å². The van der Waals surface area contributed by atoms with Crippen LogP contribution < -0.4 is 5.73 Å². The minimum absolute atomic E-state index is 0.0833. The van der Waals surface area contributed by atoms with Gasteiger partial charge in [0.2, 0.25) is 0 Å². The highest BCUT2D eigenvalue weighted by Crippen LogP contribution is 1.96. The van der Waals surface area contributed by atoms with Crippen molar-refractivity contribution < 1.29 is 37.9 Å². The lowest BCUT2D eigenvalue weighted by molar-refractivity contribution is 0.415. The van der Waals surface area contributed by atoms with Crippen molar-refractivity contribution in [3.8, 4) is 0 Å². The van der Waals surface area contributed by atoms with Crippen LogP contribution in [-0.4, -0.2) is 105 Å². The van der Waals surface area contributed by atoms with Gasteiger partial charge in [0.15, 0.2) is 0 Å². The van der Waals surface area contributed by atoms with Crippen LogP contribution in [0.3, 0.4) is 0 Å². The van der Waals surface area contributed by atoms with Crippen LogP contribution in [0, 0.1) is 0 Å². The lowest BCUT2D eigenvalue weighted by atomic mass is 10.8. The van der Waals surface area contributed by atoms with Gasteiger partial charge in [-0.15, -0.1) is 0 Å². The van der Waals surface area contributed by atoms with Crippen LogP contribution in [-0.2, 0) is 37.9 Å². The Hall–Kier alpha value is -0.360. The molecule has 0 saturated carbocycles. The molecule has 1 atom stereocenters. The first-order chi connectivity index (χ1) is 12.4. The van der Waals surface area contributed by atoms with Crippen molar-refractivity contribution in [2.45, 2.75) is 6.23 Å². The zero-order valence-electron chi connectivity index (χ0n) is 15.0. The van der Waals surface area contributed by atoms with Crippen molar-refractivity contribution in [3.63, 3.8) is 0 Å². The van der Waals surface area contributed by atoms with Gasteiger partial charge in [-0.1, -0.05) is 0 Å². The molecule has 0 aromatic rings. The average Bonchev–Trinajstić information content (AvgIpc) is 3.36. The zero-order chi connectivity index (χ0) is 17.8. The third-order valence-corrected chi connectivity index (χ3v) is 1.79. The predicted octanol–water partition coefficient (Wildman–Crippen LogP) is -0.582. The topological polar surface area (TPSA) is 126 Å². The van der Waals surface area contributed by atoms with Gasteiger partial charge in [0.25, 0.3) is 0 Å². The monoisotopic (exact) mass is 367 g/mol. The second-order valence-electron chi connectivity index (χ2n) is 5.16. The van der Waals surface area contributed by atoms with E-state index < -0.39 is 0 Å². The fraction of sp³-hybridized carbons (Fsp3) is 1.00. The minimum atomic E-state index is 0.0833. The summed E-state index contributed by atoms with van der Waals surface area (Å²) in [6, 6.07) is 0. The molecule has 9 heteroatoms. The maximum Gasteiger partial charge on any atom is 0.129 e. The first-order valence-corrected chi connectivity index (χ1v) is 8.81. The molecule has 0 amide bonds. The SMILES string of the molecule is C1CO1.C1CO1.C1CO1.C1CO1.C1CO1.C1CO1.C1CO1.NC1CO1. The van der Waals surface area contributed by atoms with Gasteiger partial charge in [-0.3, -0.25) is 0 Å². The highest BCUT2D eigenvalue weighted by Gasteiger charge is 2.14. The van der Waals surface area contributed by atoms with Crippen LogP contribution in [0.1, 0.15) is 0 Å². The number of hydrogen-bond acceptors (Lipinski definition) is 9. The second kappa shape index (κ2) is 18.4. The van der Waals surface area contributed by atoms with Crippen molar-refractivity contribution >= 4 is 0 Å². The minimum Gasteiger partial charge on any atom is -0.377 e. The van der Waals surface area contributed by atoms with E-state index in [1.165, 1.54) is 0 Å². The molecule has 1 unspecified atom stereocenters. The third kappa shape index (κ3) is 119. The van der Waals surface area contributed by atoms with E-state index >= 15 is 0 Å². The number of hydrogen-bond donors (Lipinski definition) is 1. The van der Waals surface area contributed by atoms with E-state index in [-0.39, 0.29) is 6.23 Å². The maximum absolute atomic E-state index is 5.00. The standard InChI is InChI=1S/C2H5NO.7C2H4O/c3-2-1-4-2;7*1-2-3-1/h2H,1,3H2;7*1-2H2. The van der Waals surface area contributed by atoms with Crippen LogP contribution in [0.15, 0.2) is 0 Å². The van der Waals surface area contributed by atoms with E-state index in [4.69, 9.17) is 5.73 Å². The molecule has 25 heavy (non-hydrogen) atoms. The third-order valence-electron chi connectivity index (χ3n) is 1.79. The number of rotatable bonds is 0. The summed E-state index contributed by atoms with van der Waals surface area (Å²) in [7, 11) is 0.